The van der Waals surface area contributed by atoms with Crippen molar-refractivity contribution in [3.05, 3.63) is 27.9 Å². The number of methoxy groups -OCH3 is 1. The van der Waals surface area contributed by atoms with E-state index in [4.69, 9.17) is 9.26 Å². The van der Waals surface area contributed by atoms with Crippen LogP contribution in [0.15, 0.2) is 25.4 Å². The summed E-state index contributed by atoms with van der Waals surface area (Å²) in [6, 6.07) is 1.64. The SMILES string of the molecule is COCCn1c(SCC(=O)Nc2cc(C)on2)nc2c(c1=O)S[C@H](C)C2. The molecule has 0 fully saturated rings. The summed E-state index contributed by atoms with van der Waals surface area (Å²) in [5, 5.41) is 7.26. The zero-order valence-electron chi connectivity index (χ0n) is 14.8. The number of nitrogens with one attached hydrogen (secondary N) is 1. The number of hydrogen-bond acceptors (Lipinski definition) is 8. The number of nitrogens with zero attached hydrogens (tertiary/aromatic N) is 3. The lowest BCUT2D eigenvalue weighted by Gasteiger charge is -2.13. The van der Waals surface area contributed by atoms with Gasteiger partial charge in [-0.15, -0.1) is 11.8 Å². The summed E-state index contributed by atoms with van der Waals surface area (Å²) in [7, 11) is 1.59. The second-order valence-corrected chi connectivity index (χ2v) is 8.30. The molecule has 1 atom stereocenters. The maximum atomic E-state index is 12.8. The number of fused-ring (bicyclic) bond motifs is 1. The second kappa shape index (κ2) is 8.28. The van der Waals surface area contributed by atoms with E-state index >= 15 is 0 Å². The number of anilines is 1. The molecule has 0 spiro atoms. The minimum atomic E-state index is -0.237. The fourth-order valence-electron chi connectivity index (χ4n) is 2.56. The lowest BCUT2D eigenvalue weighted by atomic mass is 10.2. The molecule has 3 heterocycles. The van der Waals surface area contributed by atoms with E-state index in [9.17, 15) is 9.59 Å². The van der Waals surface area contributed by atoms with Crippen LogP contribution in [-0.2, 0) is 22.5 Å². The van der Waals surface area contributed by atoms with Crippen molar-refractivity contribution in [2.24, 2.45) is 0 Å². The van der Waals surface area contributed by atoms with Crippen molar-refractivity contribution in [2.45, 2.75) is 42.1 Å². The quantitative estimate of drug-likeness (QED) is 0.560. The number of thioether (sulfide) groups is 2. The zero-order chi connectivity index (χ0) is 18.7. The van der Waals surface area contributed by atoms with Crippen molar-refractivity contribution in [2.75, 3.05) is 24.8 Å². The first kappa shape index (κ1) is 19.0. The molecule has 2 aromatic heterocycles. The highest BCUT2D eigenvalue weighted by Crippen LogP contribution is 2.34. The summed E-state index contributed by atoms with van der Waals surface area (Å²) in [5.41, 5.74) is 0.757. The van der Waals surface area contributed by atoms with Gasteiger partial charge in [0, 0.05) is 24.8 Å². The monoisotopic (exact) mass is 396 g/mol. The van der Waals surface area contributed by atoms with Crippen LogP contribution in [0.5, 0.6) is 0 Å². The lowest BCUT2D eigenvalue weighted by Crippen LogP contribution is -2.27. The molecule has 1 aliphatic rings. The third kappa shape index (κ3) is 4.30. The predicted octanol–water partition coefficient (Wildman–Crippen LogP) is 1.95. The molecule has 1 amide bonds. The normalized spacial score (nSPS) is 15.9. The van der Waals surface area contributed by atoms with E-state index in [0.717, 1.165) is 12.1 Å². The summed E-state index contributed by atoms with van der Waals surface area (Å²) in [6.45, 7) is 4.63. The van der Waals surface area contributed by atoms with Gasteiger partial charge in [0.15, 0.2) is 11.0 Å². The zero-order valence-corrected chi connectivity index (χ0v) is 16.4. The van der Waals surface area contributed by atoms with Crippen molar-refractivity contribution >= 4 is 35.2 Å². The van der Waals surface area contributed by atoms with Crippen LogP contribution in [0.3, 0.4) is 0 Å². The van der Waals surface area contributed by atoms with Crippen LogP contribution < -0.4 is 10.9 Å². The maximum Gasteiger partial charge on any atom is 0.268 e. The van der Waals surface area contributed by atoms with Gasteiger partial charge in [-0.2, -0.15) is 0 Å². The second-order valence-electron chi connectivity index (χ2n) is 5.91. The Bertz CT molecular complexity index is 864. The molecule has 0 aromatic carbocycles. The van der Waals surface area contributed by atoms with Crippen molar-refractivity contribution < 1.29 is 14.1 Å². The van der Waals surface area contributed by atoms with Gasteiger partial charge in [-0.05, 0) is 6.92 Å². The Morgan fingerprint density at radius 1 is 1.58 bits per heavy atom. The first-order valence-corrected chi connectivity index (χ1v) is 9.99. The number of amides is 1. The molecular formula is C16H20N4O4S2. The molecule has 140 valence electrons. The molecule has 26 heavy (non-hydrogen) atoms. The van der Waals surface area contributed by atoms with Crippen LogP contribution in [-0.4, -0.2) is 45.3 Å². The van der Waals surface area contributed by atoms with Crippen LogP contribution in [0.4, 0.5) is 5.82 Å². The van der Waals surface area contributed by atoms with Gasteiger partial charge >= 0.3 is 0 Å². The van der Waals surface area contributed by atoms with E-state index in [-0.39, 0.29) is 17.2 Å². The molecule has 0 radical (unpaired) electrons. The summed E-state index contributed by atoms with van der Waals surface area (Å²) in [4.78, 5) is 30.3. The summed E-state index contributed by atoms with van der Waals surface area (Å²) in [5.74, 6) is 0.872. The molecule has 1 aliphatic heterocycles. The molecule has 0 bridgehead atoms. The van der Waals surface area contributed by atoms with Gasteiger partial charge in [0.1, 0.15) is 5.76 Å². The van der Waals surface area contributed by atoms with E-state index in [1.54, 1.807) is 36.4 Å². The van der Waals surface area contributed by atoms with E-state index in [2.05, 4.69) is 22.4 Å². The Morgan fingerprint density at radius 2 is 2.38 bits per heavy atom. The van der Waals surface area contributed by atoms with E-state index in [1.165, 1.54) is 11.8 Å². The number of carbonyl (C=O) groups excluding carboxylic acids is 1. The number of rotatable bonds is 7. The molecule has 0 saturated carbocycles. The lowest BCUT2D eigenvalue weighted by molar-refractivity contribution is -0.113. The Morgan fingerprint density at radius 3 is 3.08 bits per heavy atom. The molecule has 8 nitrogen and oxygen atoms in total. The third-order valence-corrected chi connectivity index (χ3v) is 5.90. The van der Waals surface area contributed by atoms with Crippen LogP contribution in [0.1, 0.15) is 18.4 Å². The average molecular weight is 396 g/mol. The minimum Gasteiger partial charge on any atom is -0.383 e. The highest BCUT2D eigenvalue weighted by atomic mass is 32.2. The molecular weight excluding hydrogens is 376 g/mol. The smallest absolute Gasteiger partial charge is 0.268 e. The average Bonchev–Trinajstić information content (AvgIpc) is 3.17. The summed E-state index contributed by atoms with van der Waals surface area (Å²) >= 11 is 2.79. The highest BCUT2D eigenvalue weighted by molar-refractivity contribution is 8.00. The number of carbonyl (C=O) groups is 1. The fraction of sp³-hybridized carbons (Fsp3) is 0.500. The van der Waals surface area contributed by atoms with Crippen molar-refractivity contribution in [1.29, 1.82) is 0 Å². The standard InChI is InChI=1S/C16H20N4O4S2/c1-9-6-12(19-24-9)18-13(21)8-25-16-17-11-7-10(2)26-14(11)15(22)20(16)4-5-23-3/h6,10H,4-5,7-8H2,1-3H3,(H,18,19,21)/t10-/m1/s1. The van der Waals surface area contributed by atoms with Gasteiger partial charge in [0.25, 0.3) is 5.56 Å². The Balaban J connectivity index is 1.75. The highest BCUT2D eigenvalue weighted by Gasteiger charge is 2.26. The van der Waals surface area contributed by atoms with Crippen LogP contribution in [0.25, 0.3) is 0 Å². The van der Waals surface area contributed by atoms with Crippen molar-refractivity contribution in [3.63, 3.8) is 0 Å². The molecule has 0 saturated heterocycles. The Kier molecular flexibility index (Phi) is 6.05. The van der Waals surface area contributed by atoms with Crippen molar-refractivity contribution in [3.8, 4) is 0 Å². The van der Waals surface area contributed by atoms with Gasteiger partial charge in [-0.1, -0.05) is 23.8 Å². The van der Waals surface area contributed by atoms with Crippen LogP contribution >= 0.6 is 23.5 Å². The first-order valence-electron chi connectivity index (χ1n) is 8.13. The molecule has 3 rings (SSSR count). The molecule has 0 aliphatic carbocycles. The van der Waals surface area contributed by atoms with Crippen LogP contribution in [0, 0.1) is 6.92 Å². The summed E-state index contributed by atoms with van der Waals surface area (Å²) < 4.78 is 11.6. The van der Waals surface area contributed by atoms with Gasteiger partial charge in [-0.3, -0.25) is 14.2 Å². The molecule has 10 heteroatoms. The first-order chi connectivity index (χ1) is 12.5. The van der Waals surface area contributed by atoms with Gasteiger partial charge in [-0.25, -0.2) is 4.98 Å². The molecule has 1 N–H and O–H groups in total. The van der Waals surface area contributed by atoms with Gasteiger partial charge < -0.3 is 14.6 Å². The molecule has 0 unspecified atom stereocenters. The Labute approximate surface area is 159 Å². The third-order valence-electron chi connectivity index (χ3n) is 3.71. The maximum absolute atomic E-state index is 12.8. The van der Waals surface area contributed by atoms with Gasteiger partial charge in [0.05, 0.1) is 29.5 Å². The van der Waals surface area contributed by atoms with E-state index in [0.29, 0.717) is 40.0 Å². The molecule has 2 aromatic rings. The Hall–Kier alpha value is -1.78. The van der Waals surface area contributed by atoms with Crippen LogP contribution in [0.2, 0.25) is 0 Å². The van der Waals surface area contributed by atoms with E-state index < -0.39 is 0 Å². The van der Waals surface area contributed by atoms with Crippen molar-refractivity contribution in [1.82, 2.24) is 14.7 Å². The number of aromatic nitrogens is 3. The fourth-order valence-corrected chi connectivity index (χ4v) is 4.51. The topological polar surface area (TPSA) is 99.2 Å². The van der Waals surface area contributed by atoms with E-state index in [1.807, 2.05) is 0 Å². The number of hydrogen-bond donors (Lipinski definition) is 1. The number of aryl methyl sites for hydroxylation is 1. The predicted molar refractivity (Wildman–Crippen MR) is 100.0 cm³/mol. The largest absolute Gasteiger partial charge is 0.383 e. The number of ether oxygens (including phenoxy) is 1. The van der Waals surface area contributed by atoms with Gasteiger partial charge in [0.2, 0.25) is 5.91 Å². The summed E-state index contributed by atoms with van der Waals surface area (Å²) in [6.07, 6.45) is 0.762. The minimum absolute atomic E-state index is 0.0589.